The fraction of sp³-hybridized carbons (Fsp3) is 0.0339. The maximum atomic E-state index is 6.69. The lowest BCUT2D eigenvalue weighted by atomic mass is 9.65. The van der Waals surface area contributed by atoms with Gasteiger partial charge in [-0.15, -0.1) is 0 Å². The number of rotatable bonds is 3. The third-order valence-electron chi connectivity index (χ3n) is 13.9. The van der Waals surface area contributed by atoms with Crippen LogP contribution in [0.3, 0.4) is 0 Å². The summed E-state index contributed by atoms with van der Waals surface area (Å²) in [5.74, 6) is 5.24. The van der Waals surface area contributed by atoms with Crippen molar-refractivity contribution in [1.82, 2.24) is 15.0 Å². The van der Waals surface area contributed by atoms with Crippen LogP contribution in [0, 0.1) is 0 Å². The third kappa shape index (κ3) is 4.54. The van der Waals surface area contributed by atoms with E-state index in [4.69, 9.17) is 24.4 Å². The summed E-state index contributed by atoms with van der Waals surface area (Å²) in [4.78, 5) is 16.2. The van der Waals surface area contributed by atoms with Crippen LogP contribution in [0.4, 0.5) is 0 Å². The SMILES string of the molecule is c1ccc(-c2nc(-c3ccc4c(c3)-c3ccccc3C43c4ccccc4Oc4ccccc43)nc(-c3cccc4c3C3(c5ccccc5Oc5ccccc53)c3ccccc3-4)n2)cc1. The van der Waals surface area contributed by atoms with E-state index in [-0.39, 0.29) is 0 Å². The maximum absolute atomic E-state index is 6.69. The average Bonchev–Trinajstić information content (AvgIpc) is 3.82. The van der Waals surface area contributed by atoms with E-state index in [1.807, 2.05) is 18.2 Å². The summed E-state index contributed by atoms with van der Waals surface area (Å²) in [5, 5.41) is 0. The number of ether oxygens (including phenoxy) is 2. The molecular formula is C59H35N3O2. The van der Waals surface area contributed by atoms with Gasteiger partial charge in [0.15, 0.2) is 17.5 Å². The molecule has 5 nitrogen and oxygen atoms in total. The van der Waals surface area contributed by atoms with E-state index in [1.54, 1.807) is 0 Å². The van der Waals surface area contributed by atoms with E-state index in [1.165, 1.54) is 27.8 Å². The van der Waals surface area contributed by atoms with Gasteiger partial charge < -0.3 is 9.47 Å². The lowest BCUT2D eigenvalue weighted by molar-refractivity contribution is 0.436. The molecule has 2 aliphatic carbocycles. The average molecular weight is 818 g/mol. The standard InChI is InChI=1S/C59H35N3O2/c1-2-17-36(18-3-1)55-60-56(37-33-34-45-42(35-37)39-20-5-6-23-43(39)58(45)46-25-8-12-29-50(46)63-51-30-13-9-26-47(51)58)62-57(61-55)41-22-16-21-40-38-19-4-7-24-44(38)59(54(40)41)48-27-10-14-31-52(48)64-53-32-15-11-28-49(53)59/h1-35H. The molecule has 2 spiro atoms. The zero-order valence-electron chi connectivity index (χ0n) is 34.4. The summed E-state index contributed by atoms with van der Waals surface area (Å²) < 4.78 is 13.3. The molecular weight excluding hydrogens is 783 g/mol. The summed E-state index contributed by atoms with van der Waals surface area (Å²) in [6, 6.07) is 75.0. The maximum Gasteiger partial charge on any atom is 0.164 e. The summed E-state index contributed by atoms with van der Waals surface area (Å²) >= 11 is 0. The van der Waals surface area contributed by atoms with E-state index >= 15 is 0 Å². The Bertz CT molecular complexity index is 3500. The molecule has 0 unspecified atom stereocenters. The van der Waals surface area contributed by atoms with Crippen LogP contribution in [0.25, 0.3) is 56.4 Å². The van der Waals surface area contributed by atoms with Crippen molar-refractivity contribution < 1.29 is 9.47 Å². The van der Waals surface area contributed by atoms with Crippen molar-refractivity contribution in [2.75, 3.05) is 0 Å². The van der Waals surface area contributed by atoms with Gasteiger partial charge in [0.1, 0.15) is 23.0 Å². The van der Waals surface area contributed by atoms with E-state index in [0.717, 1.165) is 78.6 Å². The first-order valence-corrected chi connectivity index (χ1v) is 21.8. The highest BCUT2D eigenvalue weighted by Gasteiger charge is 2.53. The lowest BCUT2D eigenvalue weighted by Gasteiger charge is -2.40. The normalized spacial score (nSPS) is 14.4. The monoisotopic (exact) mass is 817 g/mol. The van der Waals surface area contributed by atoms with Gasteiger partial charge in [-0.2, -0.15) is 0 Å². The Morgan fingerprint density at radius 3 is 1.27 bits per heavy atom. The van der Waals surface area contributed by atoms with Crippen LogP contribution in [0.15, 0.2) is 212 Å². The molecule has 298 valence electrons. The Labute approximate surface area is 370 Å². The van der Waals surface area contributed by atoms with Gasteiger partial charge in [-0.05, 0) is 74.8 Å². The molecule has 3 heterocycles. The molecule has 9 aromatic carbocycles. The second-order valence-corrected chi connectivity index (χ2v) is 16.9. The molecule has 1 aromatic heterocycles. The third-order valence-corrected chi connectivity index (χ3v) is 13.9. The molecule has 0 radical (unpaired) electrons. The predicted octanol–water partition coefficient (Wildman–Crippen LogP) is 13.8. The van der Waals surface area contributed by atoms with Crippen LogP contribution >= 0.6 is 0 Å². The molecule has 0 saturated heterocycles. The zero-order valence-corrected chi connectivity index (χ0v) is 34.4. The van der Waals surface area contributed by atoms with Crippen molar-refractivity contribution >= 4 is 0 Å². The van der Waals surface area contributed by atoms with Gasteiger partial charge in [-0.25, -0.2) is 15.0 Å². The van der Waals surface area contributed by atoms with Crippen LogP contribution in [-0.4, -0.2) is 15.0 Å². The second-order valence-electron chi connectivity index (χ2n) is 16.9. The van der Waals surface area contributed by atoms with Crippen molar-refractivity contribution in [3.63, 3.8) is 0 Å². The fourth-order valence-corrected chi connectivity index (χ4v) is 11.4. The molecule has 64 heavy (non-hydrogen) atoms. The van der Waals surface area contributed by atoms with Crippen LogP contribution in [0.5, 0.6) is 23.0 Å². The van der Waals surface area contributed by atoms with E-state index < -0.39 is 10.8 Å². The second kappa shape index (κ2) is 13.1. The largest absolute Gasteiger partial charge is 0.457 e. The minimum Gasteiger partial charge on any atom is -0.457 e. The number of aromatic nitrogens is 3. The van der Waals surface area contributed by atoms with Crippen LogP contribution in [0.2, 0.25) is 0 Å². The molecule has 0 bridgehead atoms. The predicted molar refractivity (Wildman–Crippen MR) is 251 cm³/mol. The Kier molecular flexibility index (Phi) is 7.18. The minimum absolute atomic E-state index is 0.570. The number of benzene rings is 9. The number of nitrogens with zero attached hydrogens (tertiary/aromatic N) is 3. The summed E-state index contributed by atoms with van der Waals surface area (Å²) in [7, 11) is 0. The van der Waals surface area contributed by atoms with Crippen molar-refractivity contribution in [1.29, 1.82) is 0 Å². The molecule has 4 aliphatic rings. The molecule has 5 heteroatoms. The molecule has 0 saturated carbocycles. The van der Waals surface area contributed by atoms with Crippen LogP contribution in [0.1, 0.15) is 44.5 Å². The zero-order chi connectivity index (χ0) is 42.0. The van der Waals surface area contributed by atoms with Crippen molar-refractivity contribution in [2.45, 2.75) is 10.8 Å². The Morgan fingerprint density at radius 2 is 0.672 bits per heavy atom. The van der Waals surface area contributed by atoms with Crippen molar-refractivity contribution in [2.24, 2.45) is 0 Å². The number of para-hydroxylation sites is 4. The smallest absolute Gasteiger partial charge is 0.164 e. The Hall–Kier alpha value is -8.41. The Morgan fingerprint density at radius 1 is 0.266 bits per heavy atom. The number of hydrogen-bond donors (Lipinski definition) is 0. The van der Waals surface area contributed by atoms with E-state index in [9.17, 15) is 0 Å². The van der Waals surface area contributed by atoms with Crippen molar-refractivity contribution in [3.8, 4) is 79.4 Å². The van der Waals surface area contributed by atoms with Gasteiger partial charge in [-0.1, -0.05) is 182 Å². The number of hydrogen-bond acceptors (Lipinski definition) is 5. The molecule has 0 amide bonds. The molecule has 14 rings (SSSR count). The highest BCUT2D eigenvalue weighted by atomic mass is 16.5. The van der Waals surface area contributed by atoms with E-state index in [0.29, 0.717) is 17.5 Å². The van der Waals surface area contributed by atoms with Crippen LogP contribution < -0.4 is 9.47 Å². The first-order chi connectivity index (χ1) is 31.7. The van der Waals surface area contributed by atoms with Gasteiger partial charge in [0.2, 0.25) is 0 Å². The topological polar surface area (TPSA) is 57.1 Å². The van der Waals surface area contributed by atoms with Gasteiger partial charge in [0, 0.05) is 38.9 Å². The molecule has 10 aromatic rings. The number of fused-ring (bicyclic) bond motifs is 18. The minimum atomic E-state index is -0.699. The van der Waals surface area contributed by atoms with Gasteiger partial charge >= 0.3 is 0 Å². The highest BCUT2D eigenvalue weighted by molar-refractivity contribution is 5.94. The van der Waals surface area contributed by atoms with Crippen molar-refractivity contribution in [3.05, 3.63) is 257 Å². The quantitative estimate of drug-likeness (QED) is 0.178. The molecule has 0 atom stereocenters. The highest BCUT2D eigenvalue weighted by Crippen LogP contribution is 2.65. The van der Waals surface area contributed by atoms with Gasteiger partial charge in [-0.3, -0.25) is 0 Å². The summed E-state index contributed by atoms with van der Waals surface area (Å²) in [6.45, 7) is 0. The van der Waals surface area contributed by atoms with Gasteiger partial charge in [0.25, 0.3) is 0 Å². The Balaban J connectivity index is 1.03. The first kappa shape index (κ1) is 35.2. The summed E-state index contributed by atoms with van der Waals surface area (Å²) in [5.41, 5.74) is 15.4. The van der Waals surface area contributed by atoms with Gasteiger partial charge in [0.05, 0.1) is 10.8 Å². The van der Waals surface area contributed by atoms with Crippen LogP contribution in [-0.2, 0) is 10.8 Å². The first-order valence-electron chi connectivity index (χ1n) is 21.8. The molecule has 0 fully saturated rings. The van der Waals surface area contributed by atoms with E-state index in [2.05, 4.69) is 194 Å². The fourth-order valence-electron chi connectivity index (χ4n) is 11.4. The summed E-state index contributed by atoms with van der Waals surface area (Å²) in [6.07, 6.45) is 0. The lowest BCUT2D eigenvalue weighted by Crippen LogP contribution is -2.32. The molecule has 0 N–H and O–H groups in total. The molecule has 2 aliphatic heterocycles.